The number of nitrogens with two attached hydrogens (primary N) is 1. The second kappa shape index (κ2) is 17.0. The third-order valence-electron chi connectivity index (χ3n) is 8.53. The molecule has 2 amide bonds. The zero-order chi connectivity index (χ0) is 42.5. The number of nitrogens with one attached hydrogen (secondary N) is 2. The lowest BCUT2D eigenvalue weighted by Crippen LogP contribution is -2.35. The monoisotopic (exact) mass is 798 g/mol. The SMILES string of the molecule is COC(=O)c1ccc(-c2nc(C3=CCN(C(=O)OC(C)(C)C)C3)c([N+](=O)[O-])[nH]2)cc1.COC(=O)c1ccc(-c2nc(N)c(C3=CCN(C(=O)OC(C)(C)C)C3)[nH]2)cc1. The quantitative estimate of drug-likeness (QED) is 0.0786. The Hall–Kier alpha value is -6.98. The van der Waals surface area contributed by atoms with Crippen molar-refractivity contribution in [2.45, 2.75) is 52.7 Å². The largest absolute Gasteiger partial charge is 0.465 e. The summed E-state index contributed by atoms with van der Waals surface area (Å²) < 4.78 is 20.1. The minimum Gasteiger partial charge on any atom is -0.465 e. The lowest BCUT2D eigenvalue weighted by atomic mass is 10.1. The highest BCUT2D eigenvalue weighted by Crippen LogP contribution is 2.32. The summed E-state index contributed by atoms with van der Waals surface area (Å²) in [6.07, 6.45) is 2.79. The van der Waals surface area contributed by atoms with Gasteiger partial charge in [0.1, 0.15) is 22.8 Å². The van der Waals surface area contributed by atoms with E-state index in [2.05, 4.69) is 24.7 Å². The maximum atomic E-state index is 12.3. The second-order valence-electron chi connectivity index (χ2n) is 15.2. The first-order valence-corrected chi connectivity index (χ1v) is 18.1. The van der Waals surface area contributed by atoms with Crippen LogP contribution in [0.3, 0.4) is 0 Å². The number of carbonyl (C=O) groups is 4. The smallest absolute Gasteiger partial charge is 0.410 e. The normalized spacial score (nSPS) is 13.9. The molecule has 4 heterocycles. The zero-order valence-corrected chi connectivity index (χ0v) is 33.5. The molecule has 18 nitrogen and oxygen atoms in total. The number of carbonyl (C=O) groups excluding carboxylic acids is 4. The topological polar surface area (TPSA) is 238 Å². The maximum absolute atomic E-state index is 12.3. The molecule has 18 heteroatoms. The van der Waals surface area contributed by atoms with Crippen molar-refractivity contribution in [3.8, 4) is 22.8 Å². The van der Waals surface area contributed by atoms with Gasteiger partial charge in [0, 0.05) is 29.8 Å². The van der Waals surface area contributed by atoms with Gasteiger partial charge in [0.25, 0.3) is 0 Å². The van der Waals surface area contributed by atoms with Crippen LogP contribution >= 0.6 is 0 Å². The molecule has 4 N–H and O–H groups in total. The Balaban J connectivity index is 0.000000221. The maximum Gasteiger partial charge on any atom is 0.410 e. The third-order valence-corrected chi connectivity index (χ3v) is 8.53. The molecule has 2 aliphatic heterocycles. The van der Waals surface area contributed by atoms with Gasteiger partial charge in [-0.15, -0.1) is 0 Å². The number of ether oxygens (including phenoxy) is 4. The Morgan fingerprint density at radius 1 is 0.707 bits per heavy atom. The van der Waals surface area contributed by atoms with Crippen molar-refractivity contribution in [2.24, 2.45) is 0 Å². The van der Waals surface area contributed by atoms with Crippen LogP contribution in [0, 0.1) is 10.1 Å². The molecule has 0 radical (unpaired) electrons. The molecule has 0 bridgehead atoms. The number of nitrogens with zero attached hydrogens (tertiary/aromatic N) is 5. The first-order valence-electron chi connectivity index (χ1n) is 18.1. The Labute approximate surface area is 334 Å². The van der Waals surface area contributed by atoms with E-state index in [1.807, 2.05) is 26.8 Å². The lowest BCUT2D eigenvalue weighted by Gasteiger charge is -2.24. The van der Waals surface area contributed by atoms with Crippen molar-refractivity contribution in [2.75, 3.05) is 46.1 Å². The highest BCUT2D eigenvalue weighted by atomic mass is 16.6. The summed E-state index contributed by atoms with van der Waals surface area (Å²) in [5, 5.41) is 11.5. The predicted molar refractivity (Wildman–Crippen MR) is 213 cm³/mol. The number of anilines is 1. The number of esters is 2. The molecule has 0 fully saturated rings. The van der Waals surface area contributed by atoms with Crippen molar-refractivity contribution in [3.05, 3.63) is 93.3 Å². The zero-order valence-electron chi connectivity index (χ0n) is 33.5. The average molecular weight is 799 g/mol. The van der Waals surface area contributed by atoms with Crippen molar-refractivity contribution >= 4 is 46.9 Å². The van der Waals surface area contributed by atoms with Crippen LogP contribution in [0.4, 0.5) is 21.2 Å². The van der Waals surface area contributed by atoms with Crippen LogP contribution in [-0.2, 0) is 18.9 Å². The fourth-order valence-corrected chi connectivity index (χ4v) is 5.78. The van der Waals surface area contributed by atoms with Gasteiger partial charge in [0.2, 0.25) is 5.82 Å². The van der Waals surface area contributed by atoms with Gasteiger partial charge in [-0.3, -0.25) is 0 Å². The molecular weight excluding hydrogens is 752 g/mol. The van der Waals surface area contributed by atoms with Gasteiger partial charge in [-0.05, 0) is 88.4 Å². The van der Waals surface area contributed by atoms with E-state index in [1.54, 1.807) is 80.3 Å². The summed E-state index contributed by atoms with van der Waals surface area (Å²) in [6.45, 7) is 12.1. The predicted octanol–water partition coefficient (Wildman–Crippen LogP) is 6.49. The van der Waals surface area contributed by atoms with E-state index in [-0.39, 0.29) is 36.5 Å². The first kappa shape index (κ1) is 42.2. The molecule has 0 spiro atoms. The number of methoxy groups -OCH3 is 2. The van der Waals surface area contributed by atoms with Crippen molar-refractivity contribution in [1.82, 2.24) is 29.7 Å². The summed E-state index contributed by atoms with van der Waals surface area (Å²) in [4.78, 5) is 76.4. The highest BCUT2D eigenvalue weighted by Gasteiger charge is 2.32. The van der Waals surface area contributed by atoms with Crippen LogP contribution in [0.5, 0.6) is 0 Å². The van der Waals surface area contributed by atoms with Gasteiger partial charge >= 0.3 is 29.9 Å². The molecular formula is C40H46N8O10. The number of hydrogen-bond donors (Lipinski definition) is 3. The Morgan fingerprint density at radius 3 is 1.57 bits per heavy atom. The van der Waals surface area contributed by atoms with E-state index < -0.39 is 34.2 Å². The Morgan fingerprint density at radius 2 is 1.14 bits per heavy atom. The molecule has 0 atom stereocenters. The minimum atomic E-state index is -0.637. The second-order valence-corrected chi connectivity index (χ2v) is 15.2. The van der Waals surface area contributed by atoms with E-state index in [9.17, 15) is 29.3 Å². The van der Waals surface area contributed by atoms with Crippen molar-refractivity contribution < 1.29 is 43.0 Å². The van der Waals surface area contributed by atoms with Crippen molar-refractivity contribution in [3.63, 3.8) is 0 Å². The summed E-state index contributed by atoms with van der Waals surface area (Å²) in [5.41, 5.74) is 9.36. The van der Waals surface area contributed by atoms with Gasteiger partial charge in [-0.1, -0.05) is 24.3 Å². The molecule has 306 valence electrons. The molecule has 6 rings (SSSR count). The fraction of sp³-hybridized carbons (Fsp3) is 0.350. The summed E-state index contributed by atoms with van der Waals surface area (Å²) >= 11 is 0. The van der Waals surface area contributed by atoms with Crippen LogP contribution in [0.25, 0.3) is 33.9 Å². The number of hydrogen-bond acceptors (Lipinski definition) is 13. The molecule has 2 aliphatic rings. The highest BCUT2D eigenvalue weighted by molar-refractivity contribution is 5.90. The van der Waals surface area contributed by atoms with Gasteiger partial charge in [-0.25, -0.2) is 34.1 Å². The number of nitrogen functional groups attached to an aromatic ring is 1. The van der Waals surface area contributed by atoms with E-state index in [4.69, 9.17) is 19.9 Å². The molecule has 2 aromatic carbocycles. The van der Waals surface area contributed by atoms with Crippen LogP contribution in [-0.4, -0.2) is 110 Å². The average Bonchev–Trinajstić information content (AvgIpc) is 3.99. The van der Waals surface area contributed by atoms with E-state index in [1.165, 1.54) is 19.1 Å². The summed E-state index contributed by atoms with van der Waals surface area (Å²) in [6, 6.07) is 13.2. The molecule has 58 heavy (non-hydrogen) atoms. The molecule has 4 aromatic rings. The first-order chi connectivity index (χ1) is 27.3. The molecule has 0 unspecified atom stereocenters. The van der Waals surface area contributed by atoms with Gasteiger partial charge in [0.05, 0.1) is 44.1 Å². The molecule has 0 saturated heterocycles. The number of aromatic amines is 2. The number of rotatable bonds is 7. The summed E-state index contributed by atoms with van der Waals surface area (Å²) in [5.74, 6) is 0.0736. The number of H-pyrrole nitrogens is 2. The third kappa shape index (κ3) is 10.2. The van der Waals surface area contributed by atoms with Gasteiger partial charge in [0.15, 0.2) is 5.69 Å². The van der Waals surface area contributed by atoms with E-state index >= 15 is 0 Å². The minimum absolute atomic E-state index is 0.154. The van der Waals surface area contributed by atoms with E-state index in [0.717, 1.165) is 11.1 Å². The number of amides is 2. The van der Waals surface area contributed by atoms with Crippen molar-refractivity contribution in [1.29, 1.82) is 0 Å². The molecule has 0 aliphatic carbocycles. The molecule has 0 saturated carbocycles. The Bertz CT molecular complexity index is 2260. The standard InChI is InChI=1S/C20H22N4O6.C20H24N4O4/c1-20(2,3)30-19(26)23-10-9-14(11-23)15-17(24(27)28)22-16(21-15)12-5-7-13(8-6-12)18(25)29-4;1-20(2,3)28-19(26)24-10-9-14(11-24)15-16(21)23-17(22-15)12-5-7-13(8-6-12)18(25)27-4/h5-9H,10-11H2,1-4H3,(H,21,22);5-9H,10-11,21H2,1-4H3,(H,22,23). The Kier molecular flexibility index (Phi) is 12.4. The van der Waals surface area contributed by atoms with E-state index in [0.29, 0.717) is 52.7 Å². The number of nitro groups is 1. The number of aromatic nitrogens is 4. The fourth-order valence-electron chi connectivity index (χ4n) is 5.78. The number of imidazole rings is 2. The number of benzene rings is 2. The van der Waals surface area contributed by atoms with Crippen LogP contribution in [0.1, 0.15) is 73.6 Å². The molecule has 2 aromatic heterocycles. The van der Waals surface area contributed by atoms with Crippen LogP contribution < -0.4 is 5.73 Å². The lowest BCUT2D eigenvalue weighted by molar-refractivity contribution is -0.389. The van der Waals surface area contributed by atoms with Gasteiger partial charge < -0.3 is 49.6 Å². The van der Waals surface area contributed by atoms with Crippen LogP contribution in [0.2, 0.25) is 0 Å². The van der Waals surface area contributed by atoms with Gasteiger partial charge in [-0.2, -0.15) is 0 Å². The van der Waals surface area contributed by atoms with Crippen LogP contribution in [0.15, 0.2) is 60.7 Å². The summed E-state index contributed by atoms with van der Waals surface area (Å²) in [7, 11) is 2.62.